The zero-order chi connectivity index (χ0) is 20.7. The molecule has 10 heteroatoms. The topological polar surface area (TPSA) is 94.1 Å². The van der Waals surface area contributed by atoms with Crippen LogP contribution in [0.2, 0.25) is 0 Å². The van der Waals surface area contributed by atoms with Crippen LogP contribution in [-0.4, -0.2) is 30.4 Å². The van der Waals surface area contributed by atoms with Crippen LogP contribution in [0.3, 0.4) is 0 Å². The van der Waals surface area contributed by atoms with Crippen LogP contribution in [-0.2, 0) is 12.7 Å². The van der Waals surface area contributed by atoms with Gasteiger partial charge in [-0.05, 0) is 32.4 Å². The Morgan fingerprint density at radius 2 is 1.96 bits per heavy atom. The summed E-state index contributed by atoms with van der Waals surface area (Å²) in [6, 6.07) is 4.72. The molecule has 0 aliphatic rings. The molecule has 0 aliphatic heterocycles. The van der Waals surface area contributed by atoms with Crippen LogP contribution in [0.15, 0.2) is 36.7 Å². The van der Waals surface area contributed by atoms with Gasteiger partial charge in [-0.2, -0.15) is 18.3 Å². The molecule has 2 aromatic heterocycles. The number of alkyl halides is 3. The number of hydrogen-bond donors (Lipinski definition) is 1. The number of nitro groups is 1. The summed E-state index contributed by atoms with van der Waals surface area (Å²) in [5.41, 5.74) is -1.44. The monoisotopic (exact) mass is 394 g/mol. The number of hydrogen-bond acceptors (Lipinski definition) is 5. The van der Waals surface area contributed by atoms with Gasteiger partial charge in [0, 0.05) is 36.0 Å². The molecule has 1 N–H and O–H groups in total. The second-order valence-corrected chi connectivity index (χ2v) is 7.07. The van der Waals surface area contributed by atoms with Crippen molar-refractivity contribution in [3.63, 3.8) is 0 Å². The predicted molar refractivity (Wildman–Crippen MR) is 95.5 cm³/mol. The van der Waals surface area contributed by atoms with E-state index >= 15 is 0 Å². The van der Waals surface area contributed by atoms with Gasteiger partial charge in [0.1, 0.15) is 5.69 Å². The summed E-state index contributed by atoms with van der Waals surface area (Å²) in [7, 11) is 0. The van der Waals surface area contributed by atoms with Crippen molar-refractivity contribution in [3.8, 4) is 11.1 Å². The zero-order valence-electron chi connectivity index (χ0n) is 15.1. The summed E-state index contributed by atoms with van der Waals surface area (Å²) in [5, 5.41) is 26.2. The van der Waals surface area contributed by atoms with Crippen LogP contribution in [0.5, 0.6) is 0 Å². The molecule has 3 rings (SSSR count). The summed E-state index contributed by atoms with van der Waals surface area (Å²) in [4.78, 5) is 14.2. The quantitative estimate of drug-likeness (QED) is 0.517. The number of aryl methyl sites for hydroxylation is 1. The average Bonchev–Trinajstić information content (AvgIpc) is 2.99. The van der Waals surface area contributed by atoms with Crippen molar-refractivity contribution in [2.24, 2.45) is 0 Å². The summed E-state index contributed by atoms with van der Waals surface area (Å²) < 4.78 is 39.7. The number of nitro benzene ring substituents is 1. The third-order valence-electron chi connectivity index (χ3n) is 4.18. The molecule has 3 aromatic rings. The second kappa shape index (κ2) is 6.86. The van der Waals surface area contributed by atoms with E-state index in [0.717, 1.165) is 18.3 Å². The summed E-state index contributed by atoms with van der Waals surface area (Å²) in [6.45, 7) is 3.73. The van der Waals surface area contributed by atoms with Crippen molar-refractivity contribution < 1.29 is 23.2 Å². The van der Waals surface area contributed by atoms with Gasteiger partial charge in [0.15, 0.2) is 0 Å². The lowest BCUT2D eigenvalue weighted by molar-refractivity contribution is -0.384. The normalized spacial score (nSPS) is 12.5. The Morgan fingerprint density at radius 1 is 1.25 bits per heavy atom. The number of halogens is 3. The van der Waals surface area contributed by atoms with E-state index in [-0.39, 0.29) is 16.8 Å². The molecule has 1 aromatic carbocycles. The van der Waals surface area contributed by atoms with E-state index in [1.54, 1.807) is 24.7 Å². The maximum atomic E-state index is 12.7. The molecule has 2 heterocycles. The largest absolute Gasteiger partial charge is 0.433 e. The Labute approximate surface area is 157 Å². The van der Waals surface area contributed by atoms with E-state index in [0.29, 0.717) is 23.9 Å². The minimum absolute atomic E-state index is 0.131. The Kier molecular flexibility index (Phi) is 4.84. The van der Waals surface area contributed by atoms with Gasteiger partial charge in [0.2, 0.25) is 0 Å². The van der Waals surface area contributed by atoms with Crippen LogP contribution in [0, 0.1) is 10.1 Å². The van der Waals surface area contributed by atoms with Crippen molar-refractivity contribution in [2.45, 2.75) is 38.6 Å². The first-order valence-electron chi connectivity index (χ1n) is 8.36. The van der Waals surface area contributed by atoms with Crippen LogP contribution in [0.4, 0.5) is 18.9 Å². The highest BCUT2D eigenvalue weighted by Gasteiger charge is 2.32. The third kappa shape index (κ3) is 4.28. The molecule has 0 atom stereocenters. The van der Waals surface area contributed by atoms with E-state index in [1.807, 2.05) is 0 Å². The Balaban J connectivity index is 2.03. The highest BCUT2D eigenvalue weighted by Crippen LogP contribution is 2.35. The smallest absolute Gasteiger partial charge is 0.390 e. The molecule has 0 fully saturated rings. The van der Waals surface area contributed by atoms with Crippen molar-refractivity contribution >= 4 is 16.6 Å². The van der Waals surface area contributed by atoms with Gasteiger partial charge in [-0.25, -0.2) is 0 Å². The molecule has 0 radical (unpaired) electrons. The molecule has 0 spiro atoms. The van der Waals surface area contributed by atoms with Gasteiger partial charge in [-0.15, -0.1) is 0 Å². The molecule has 0 bridgehead atoms. The standard InChI is InChI=1S/C18H17F3N4O3/c1-17(2,26)5-6-24-10-12-7-15(25(27)28)13(8-14(12)23-24)11-3-4-16(22-9-11)18(19,20)21/h3-4,7-10,26H,5-6H2,1-2H3. The highest BCUT2D eigenvalue weighted by atomic mass is 19.4. The molecular weight excluding hydrogens is 377 g/mol. The van der Waals surface area contributed by atoms with E-state index in [9.17, 15) is 28.4 Å². The molecular formula is C18H17F3N4O3. The lowest BCUT2D eigenvalue weighted by Crippen LogP contribution is -2.21. The van der Waals surface area contributed by atoms with E-state index in [1.165, 1.54) is 12.1 Å². The fourth-order valence-electron chi connectivity index (χ4n) is 2.72. The fraction of sp³-hybridized carbons (Fsp3) is 0.333. The first kappa shape index (κ1) is 19.7. The molecule has 0 amide bonds. The van der Waals surface area contributed by atoms with E-state index < -0.39 is 22.4 Å². The zero-order valence-corrected chi connectivity index (χ0v) is 15.1. The van der Waals surface area contributed by atoms with Gasteiger partial charge >= 0.3 is 6.18 Å². The van der Waals surface area contributed by atoms with Crippen LogP contribution < -0.4 is 0 Å². The molecule has 148 valence electrons. The maximum Gasteiger partial charge on any atom is 0.433 e. The van der Waals surface area contributed by atoms with Gasteiger partial charge in [0.05, 0.1) is 21.6 Å². The Hall–Kier alpha value is -3.01. The van der Waals surface area contributed by atoms with Crippen LogP contribution in [0.25, 0.3) is 22.0 Å². The molecule has 0 aliphatic carbocycles. The van der Waals surface area contributed by atoms with Crippen LogP contribution in [0.1, 0.15) is 26.0 Å². The number of pyridine rings is 1. The predicted octanol–water partition coefficient (Wildman–Crippen LogP) is 4.19. The Morgan fingerprint density at radius 3 is 2.50 bits per heavy atom. The Bertz CT molecular complexity index is 1020. The second-order valence-electron chi connectivity index (χ2n) is 7.07. The lowest BCUT2D eigenvalue weighted by atomic mass is 10.0. The van der Waals surface area contributed by atoms with Crippen LogP contribution >= 0.6 is 0 Å². The van der Waals surface area contributed by atoms with Gasteiger partial charge in [-0.3, -0.25) is 19.8 Å². The van der Waals surface area contributed by atoms with Crippen molar-refractivity contribution in [3.05, 3.63) is 52.5 Å². The maximum absolute atomic E-state index is 12.7. The van der Waals surface area contributed by atoms with Gasteiger partial charge < -0.3 is 5.11 Å². The van der Waals surface area contributed by atoms with Crippen molar-refractivity contribution in [1.82, 2.24) is 14.8 Å². The number of fused-ring (bicyclic) bond motifs is 1. The third-order valence-corrected chi connectivity index (χ3v) is 4.18. The fourth-order valence-corrected chi connectivity index (χ4v) is 2.72. The molecule has 7 nitrogen and oxygen atoms in total. The lowest BCUT2D eigenvalue weighted by Gasteiger charge is -2.16. The minimum Gasteiger partial charge on any atom is -0.390 e. The molecule has 0 saturated heterocycles. The number of rotatable bonds is 5. The molecule has 28 heavy (non-hydrogen) atoms. The summed E-state index contributed by atoms with van der Waals surface area (Å²) in [5.74, 6) is 0. The average molecular weight is 394 g/mol. The number of aromatic nitrogens is 3. The van der Waals surface area contributed by atoms with E-state index in [4.69, 9.17) is 0 Å². The molecule has 0 unspecified atom stereocenters. The van der Waals surface area contributed by atoms with E-state index in [2.05, 4.69) is 10.1 Å². The van der Waals surface area contributed by atoms with Crippen molar-refractivity contribution in [2.75, 3.05) is 0 Å². The molecule has 0 saturated carbocycles. The number of nitrogens with zero attached hydrogens (tertiary/aromatic N) is 4. The van der Waals surface area contributed by atoms with Gasteiger partial charge in [0.25, 0.3) is 5.69 Å². The number of benzene rings is 1. The highest BCUT2D eigenvalue weighted by molar-refractivity contribution is 5.89. The minimum atomic E-state index is -4.59. The summed E-state index contributed by atoms with van der Waals surface area (Å²) in [6.07, 6.45) is -1.57. The summed E-state index contributed by atoms with van der Waals surface area (Å²) >= 11 is 0. The SMILES string of the molecule is CC(C)(O)CCn1cc2cc([N+](=O)[O-])c(-c3ccc(C(F)(F)F)nc3)cc2n1. The first-order valence-corrected chi connectivity index (χ1v) is 8.36. The van der Waals surface area contributed by atoms with Gasteiger partial charge in [-0.1, -0.05) is 6.07 Å². The van der Waals surface area contributed by atoms with Crippen molar-refractivity contribution in [1.29, 1.82) is 0 Å². The first-order chi connectivity index (χ1) is 12.9. The number of aliphatic hydroxyl groups is 1.